The zero-order chi connectivity index (χ0) is 13.0. The average Bonchev–Trinajstić information content (AvgIpc) is 2.86. The molecule has 1 aromatic carbocycles. The van der Waals surface area contributed by atoms with Gasteiger partial charge in [-0.25, -0.2) is 0 Å². The van der Waals surface area contributed by atoms with Crippen LogP contribution in [0, 0.1) is 0 Å². The topological polar surface area (TPSA) is 94.9 Å². The molecule has 2 rings (SSSR count). The number of benzene rings is 1. The van der Waals surface area contributed by atoms with E-state index >= 15 is 0 Å². The predicted molar refractivity (Wildman–Crippen MR) is 74.4 cm³/mol. The van der Waals surface area contributed by atoms with Gasteiger partial charge in [0.1, 0.15) is 6.04 Å². The number of amides is 2. The van der Waals surface area contributed by atoms with Gasteiger partial charge in [-0.2, -0.15) is 0 Å². The molecule has 0 bridgehead atoms. The fourth-order valence-corrected chi connectivity index (χ4v) is 2.40. The maximum Gasteiger partial charge on any atom is 0.240 e. The average molecular weight is 266 g/mol. The first-order valence-electron chi connectivity index (χ1n) is 6.31. The molecule has 5 nitrogen and oxygen atoms in total. The second-order valence-corrected chi connectivity index (χ2v) is 4.63. The highest BCUT2D eigenvalue weighted by Crippen LogP contribution is 2.18. The van der Waals surface area contributed by atoms with Crippen molar-refractivity contribution in [1.82, 2.24) is 4.90 Å². The number of aryl methyl sites for hydroxylation is 1. The monoisotopic (exact) mass is 266 g/mol. The molecule has 1 aromatic rings. The third-order valence-electron chi connectivity index (χ3n) is 3.37. The summed E-state index contributed by atoms with van der Waals surface area (Å²) in [6.07, 6.45) is 2.71. The van der Waals surface area contributed by atoms with Gasteiger partial charge in [0.05, 0.1) is 0 Å². The molecule has 2 amide bonds. The van der Waals surface area contributed by atoms with Gasteiger partial charge in [0.25, 0.3) is 0 Å². The summed E-state index contributed by atoms with van der Waals surface area (Å²) in [4.78, 5) is 24.9. The van der Waals surface area contributed by atoms with Crippen molar-refractivity contribution in [2.75, 3.05) is 6.54 Å². The van der Waals surface area contributed by atoms with Crippen LogP contribution in [0.25, 0.3) is 0 Å². The van der Waals surface area contributed by atoms with E-state index in [9.17, 15) is 9.59 Å². The van der Waals surface area contributed by atoms with E-state index in [2.05, 4.69) is 0 Å². The predicted octanol–water partition coefficient (Wildman–Crippen LogP) is 0.517. The van der Waals surface area contributed by atoms with Crippen molar-refractivity contribution >= 4 is 11.8 Å². The normalized spacial score (nSPS) is 17.9. The largest absolute Gasteiger partial charge is 0.412 e. The highest BCUT2D eigenvalue weighted by atomic mass is 16.2. The van der Waals surface area contributed by atoms with Crippen LogP contribution < -0.4 is 5.73 Å². The van der Waals surface area contributed by atoms with Crippen LogP contribution in [0.15, 0.2) is 30.3 Å². The SMILES string of the molecule is NC(=O)[C@@H]1CCCN1C(=O)CCc1ccccc1.O.[HH]. The van der Waals surface area contributed by atoms with Gasteiger partial charge in [-0.05, 0) is 24.8 Å². The second-order valence-electron chi connectivity index (χ2n) is 4.63. The Hall–Kier alpha value is -1.88. The molecule has 1 aliphatic heterocycles. The molecular formula is C14H22N2O3. The number of likely N-dealkylation sites (tertiary alicyclic amines) is 1. The zero-order valence-electron chi connectivity index (χ0n) is 10.8. The molecule has 0 aromatic heterocycles. The van der Waals surface area contributed by atoms with Crippen molar-refractivity contribution in [2.24, 2.45) is 5.73 Å². The first kappa shape index (κ1) is 15.2. The molecule has 19 heavy (non-hydrogen) atoms. The number of carbonyl (C=O) groups is 2. The molecule has 1 saturated heterocycles. The molecule has 106 valence electrons. The lowest BCUT2D eigenvalue weighted by atomic mass is 10.1. The van der Waals surface area contributed by atoms with E-state index < -0.39 is 6.04 Å². The van der Waals surface area contributed by atoms with E-state index in [1.54, 1.807) is 4.90 Å². The summed E-state index contributed by atoms with van der Waals surface area (Å²) in [5.74, 6) is -0.360. The Morgan fingerprint density at radius 1 is 1.32 bits per heavy atom. The van der Waals surface area contributed by atoms with Crippen molar-refractivity contribution < 1.29 is 16.5 Å². The van der Waals surface area contributed by atoms with Crippen LogP contribution >= 0.6 is 0 Å². The number of nitrogens with two attached hydrogens (primary N) is 1. The van der Waals surface area contributed by atoms with E-state index in [1.165, 1.54) is 0 Å². The molecule has 0 aliphatic carbocycles. The molecule has 1 aliphatic rings. The third kappa shape index (κ3) is 3.79. The minimum atomic E-state index is -0.395. The van der Waals surface area contributed by atoms with E-state index in [1.807, 2.05) is 30.3 Å². The highest BCUT2D eigenvalue weighted by molar-refractivity contribution is 5.87. The van der Waals surface area contributed by atoms with E-state index in [0.29, 0.717) is 25.8 Å². The quantitative estimate of drug-likeness (QED) is 0.859. The van der Waals surface area contributed by atoms with Crippen LogP contribution in [-0.2, 0) is 16.0 Å². The summed E-state index contributed by atoms with van der Waals surface area (Å²) in [6.45, 7) is 0.654. The molecular weight excluding hydrogens is 244 g/mol. The third-order valence-corrected chi connectivity index (χ3v) is 3.37. The molecule has 5 heteroatoms. The number of primary amides is 1. The summed E-state index contributed by atoms with van der Waals surface area (Å²) in [6, 6.07) is 9.48. The maximum atomic E-state index is 12.1. The fraction of sp³-hybridized carbons (Fsp3) is 0.429. The van der Waals surface area contributed by atoms with Crippen LogP contribution in [-0.4, -0.2) is 34.8 Å². The molecule has 0 radical (unpaired) electrons. The summed E-state index contributed by atoms with van der Waals surface area (Å²) in [5.41, 5.74) is 6.44. The standard InChI is InChI=1S/C14H18N2O2.H2O.H2/c15-14(18)12-7-4-10-16(12)13(17)9-8-11-5-2-1-3-6-11;;/h1-3,5-6,12H,4,7-10H2,(H2,15,18);1H2;1H/t12-;;/m0../s1. The number of hydrogen-bond acceptors (Lipinski definition) is 2. The molecule has 0 spiro atoms. The van der Waals surface area contributed by atoms with E-state index in [0.717, 1.165) is 12.0 Å². The minimum absolute atomic E-state index is 0. The van der Waals surface area contributed by atoms with Gasteiger partial charge in [-0.1, -0.05) is 30.3 Å². The van der Waals surface area contributed by atoms with E-state index in [-0.39, 0.29) is 18.7 Å². The Bertz CT molecular complexity index is 439. The van der Waals surface area contributed by atoms with Crippen molar-refractivity contribution in [3.8, 4) is 0 Å². The van der Waals surface area contributed by atoms with Crippen LogP contribution in [0.2, 0.25) is 0 Å². The van der Waals surface area contributed by atoms with Crippen molar-refractivity contribution in [3.63, 3.8) is 0 Å². The first-order chi connectivity index (χ1) is 8.68. The van der Waals surface area contributed by atoms with Gasteiger partial charge in [-0.3, -0.25) is 9.59 Å². The summed E-state index contributed by atoms with van der Waals surface area (Å²) in [5, 5.41) is 0. The molecule has 4 N–H and O–H groups in total. The number of carbonyl (C=O) groups excluding carboxylic acids is 2. The second kappa shape index (κ2) is 6.89. The summed E-state index contributed by atoms with van der Waals surface area (Å²) < 4.78 is 0. The van der Waals surface area contributed by atoms with E-state index in [4.69, 9.17) is 5.73 Å². The number of nitrogens with zero attached hydrogens (tertiary/aromatic N) is 1. The lowest BCUT2D eigenvalue weighted by Gasteiger charge is -2.22. The number of rotatable bonds is 4. The Morgan fingerprint density at radius 2 is 2.00 bits per heavy atom. The Kier molecular flexibility index (Phi) is 5.51. The molecule has 0 unspecified atom stereocenters. The first-order valence-corrected chi connectivity index (χ1v) is 6.31. The van der Waals surface area contributed by atoms with Crippen LogP contribution in [0.4, 0.5) is 0 Å². The van der Waals surface area contributed by atoms with Gasteiger partial charge < -0.3 is 16.1 Å². The van der Waals surface area contributed by atoms with Crippen LogP contribution in [0.3, 0.4) is 0 Å². The summed E-state index contributed by atoms with van der Waals surface area (Å²) >= 11 is 0. The van der Waals surface area contributed by atoms with Gasteiger partial charge in [0, 0.05) is 14.4 Å². The summed E-state index contributed by atoms with van der Waals surface area (Å²) in [7, 11) is 0. The number of hydrogen-bond donors (Lipinski definition) is 1. The minimum Gasteiger partial charge on any atom is -0.412 e. The van der Waals surface area contributed by atoms with Crippen molar-refractivity contribution in [1.29, 1.82) is 0 Å². The smallest absolute Gasteiger partial charge is 0.240 e. The molecule has 1 fully saturated rings. The van der Waals surface area contributed by atoms with Crippen molar-refractivity contribution in [2.45, 2.75) is 31.7 Å². The fourth-order valence-electron chi connectivity index (χ4n) is 2.40. The molecule has 1 atom stereocenters. The maximum absolute atomic E-state index is 12.1. The van der Waals surface area contributed by atoms with Gasteiger partial charge >= 0.3 is 0 Å². The zero-order valence-corrected chi connectivity index (χ0v) is 10.8. The lowest BCUT2D eigenvalue weighted by molar-refractivity contribution is -0.137. The molecule has 0 saturated carbocycles. The van der Waals surface area contributed by atoms with Crippen molar-refractivity contribution in [3.05, 3.63) is 35.9 Å². The van der Waals surface area contributed by atoms with Gasteiger partial charge in [0.2, 0.25) is 11.8 Å². The van der Waals surface area contributed by atoms with Gasteiger partial charge in [-0.15, -0.1) is 0 Å². The lowest BCUT2D eigenvalue weighted by Crippen LogP contribution is -2.43. The Morgan fingerprint density at radius 3 is 2.63 bits per heavy atom. The molecule has 1 heterocycles. The van der Waals surface area contributed by atoms with Crippen LogP contribution in [0.1, 0.15) is 26.3 Å². The Balaban J connectivity index is 0.00000180. The highest BCUT2D eigenvalue weighted by Gasteiger charge is 2.31. The Labute approximate surface area is 114 Å². The van der Waals surface area contributed by atoms with Gasteiger partial charge in [0.15, 0.2) is 0 Å². The van der Waals surface area contributed by atoms with Crippen LogP contribution in [0.5, 0.6) is 0 Å².